The van der Waals surface area contributed by atoms with Crippen LogP contribution in [0.25, 0.3) is 0 Å². The number of amides is 2. The van der Waals surface area contributed by atoms with E-state index in [-0.39, 0.29) is 41.6 Å². The van der Waals surface area contributed by atoms with Gasteiger partial charge < -0.3 is 29.6 Å². The Kier molecular flexibility index (Phi) is 11.4. The maximum atomic E-state index is 15.1. The number of carbonyl (C=O) groups is 3. The number of carbonyl (C=O) groups excluding carboxylic acids is 3. The maximum Gasteiger partial charge on any atom is 0.398 e. The SMILES string of the molecule is COc1cc(F)c(O[C@H]2CC[C@@](C)(C(=O)OC)CC2)cc1C(=O)N[C@@H]1C[C@@H](OC)C[C@@H]1C(=O)Nc1cccc(S(=O)(=O)C(F)(F)I)c1. The van der Waals surface area contributed by atoms with Crippen LogP contribution in [-0.4, -0.2) is 69.0 Å². The molecule has 4 rings (SSSR count). The van der Waals surface area contributed by atoms with Crippen molar-refractivity contribution in [3.05, 3.63) is 47.8 Å². The van der Waals surface area contributed by atoms with Crippen molar-refractivity contribution >= 4 is 55.9 Å². The van der Waals surface area contributed by atoms with Crippen LogP contribution in [0.15, 0.2) is 41.3 Å². The van der Waals surface area contributed by atoms with Crippen LogP contribution >= 0.6 is 22.6 Å². The first-order chi connectivity index (χ1) is 22.0. The predicted molar refractivity (Wildman–Crippen MR) is 172 cm³/mol. The average Bonchev–Trinajstić information content (AvgIpc) is 3.44. The minimum absolute atomic E-state index is 0.0284. The fourth-order valence-electron chi connectivity index (χ4n) is 5.94. The third-order valence-corrected chi connectivity index (χ3v) is 12.0. The fourth-order valence-corrected chi connectivity index (χ4v) is 7.51. The number of alkyl halides is 3. The van der Waals surface area contributed by atoms with E-state index >= 15 is 4.39 Å². The molecule has 0 aromatic heterocycles. The van der Waals surface area contributed by atoms with E-state index in [1.54, 1.807) is 0 Å². The van der Waals surface area contributed by atoms with Gasteiger partial charge in [-0.05, 0) is 69.7 Å². The van der Waals surface area contributed by atoms with Crippen molar-refractivity contribution in [1.29, 1.82) is 0 Å². The number of hydrogen-bond acceptors (Lipinski definition) is 9. The molecule has 0 unspecified atom stereocenters. The quantitative estimate of drug-likeness (QED) is 0.177. The fraction of sp³-hybridized carbons (Fsp3) is 0.516. The van der Waals surface area contributed by atoms with Crippen molar-refractivity contribution in [2.24, 2.45) is 11.3 Å². The number of anilines is 1. The predicted octanol–water partition coefficient (Wildman–Crippen LogP) is 5.26. The van der Waals surface area contributed by atoms with Gasteiger partial charge in [0.15, 0.2) is 11.6 Å². The van der Waals surface area contributed by atoms with E-state index in [9.17, 15) is 31.6 Å². The third kappa shape index (κ3) is 8.13. The van der Waals surface area contributed by atoms with Gasteiger partial charge in [-0.15, -0.1) is 0 Å². The number of halogens is 4. The van der Waals surface area contributed by atoms with Crippen LogP contribution in [0.1, 0.15) is 55.8 Å². The van der Waals surface area contributed by atoms with E-state index in [1.807, 2.05) is 6.92 Å². The monoisotopic (exact) mass is 796 g/mol. The van der Waals surface area contributed by atoms with Crippen molar-refractivity contribution in [2.45, 2.75) is 71.9 Å². The highest BCUT2D eigenvalue weighted by Crippen LogP contribution is 2.40. The number of methoxy groups -OCH3 is 3. The molecule has 0 saturated heterocycles. The van der Waals surface area contributed by atoms with E-state index in [1.165, 1.54) is 39.5 Å². The summed E-state index contributed by atoms with van der Waals surface area (Å²) in [6, 6.07) is 6.00. The van der Waals surface area contributed by atoms with E-state index < -0.39 is 65.2 Å². The Morgan fingerprint density at radius 1 is 1.00 bits per heavy atom. The highest BCUT2D eigenvalue weighted by Gasteiger charge is 2.44. The lowest BCUT2D eigenvalue weighted by molar-refractivity contribution is -0.154. The molecule has 0 spiro atoms. The number of rotatable bonds is 11. The largest absolute Gasteiger partial charge is 0.496 e. The van der Waals surface area contributed by atoms with Gasteiger partial charge in [0.2, 0.25) is 5.91 Å². The summed E-state index contributed by atoms with van der Waals surface area (Å²) in [5.74, 6) is -3.44. The Morgan fingerprint density at radius 3 is 2.28 bits per heavy atom. The maximum absolute atomic E-state index is 15.1. The molecule has 258 valence electrons. The molecule has 2 aliphatic carbocycles. The van der Waals surface area contributed by atoms with Gasteiger partial charge in [0.25, 0.3) is 15.7 Å². The van der Waals surface area contributed by atoms with Gasteiger partial charge in [-0.3, -0.25) is 14.4 Å². The van der Waals surface area contributed by atoms with Crippen molar-refractivity contribution in [2.75, 3.05) is 26.6 Å². The Balaban J connectivity index is 1.50. The van der Waals surface area contributed by atoms with Crippen LogP contribution in [0.3, 0.4) is 0 Å². The zero-order chi connectivity index (χ0) is 34.7. The van der Waals surface area contributed by atoms with Crippen molar-refractivity contribution in [3.8, 4) is 11.5 Å². The average molecular weight is 797 g/mol. The minimum atomic E-state index is -5.00. The zero-order valence-corrected chi connectivity index (χ0v) is 29.1. The van der Waals surface area contributed by atoms with E-state index in [2.05, 4.69) is 10.6 Å². The van der Waals surface area contributed by atoms with Gasteiger partial charge in [0.1, 0.15) is 5.75 Å². The summed E-state index contributed by atoms with van der Waals surface area (Å²) in [5.41, 5.74) is -0.733. The number of nitrogens with one attached hydrogen (secondary N) is 2. The molecule has 2 amide bonds. The van der Waals surface area contributed by atoms with Gasteiger partial charge in [-0.2, -0.15) is 8.78 Å². The van der Waals surface area contributed by atoms with E-state index in [0.717, 1.165) is 18.2 Å². The summed E-state index contributed by atoms with van der Waals surface area (Å²) in [4.78, 5) is 38.4. The van der Waals surface area contributed by atoms with E-state index in [0.29, 0.717) is 48.3 Å². The Bertz CT molecular complexity index is 1610. The number of benzene rings is 2. The number of sulfone groups is 1. The van der Waals surface area contributed by atoms with Crippen LogP contribution < -0.4 is 20.1 Å². The number of esters is 1. The molecule has 0 aliphatic heterocycles. The standard InChI is InChI=1S/C31H36F3IN2O9S/c1-30(29(40)45-4)10-8-18(9-11-30)46-26-15-22(25(44-3)16-23(26)32)28(39)37-24-14-19(43-2)13-21(24)27(38)36-17-6-5-7-20(12-17)47(41,42)31(33,34)35/h5-7,12,15-16,18-19,21,24H,8-11,13-14H2,1-4H3,(H,36,38)(H,37,39)/t18-,19-,21-,24+,30+/m0/s1. The molecule has 47 heavy (non-hydrogen) atoms. The Morgan fingerprint density at radius 2 is 1.68 bits per heavy atom. The normalized spacial score (nSPS) is 24.7. The van der Waals surface area contributed by atoms with Crippen LogP contribution in [0, 0.1) is 17.2 Å². The van der Waals surface area contributed by atoms with Gasteiger partial charge in [0.05, 0.1) is 48.2 Å². The highest BCUT2D eigenvalue weighted by molar-refractivity contribution is 14.1. The molecular weight excluding hydrogens is 760 g/mol. The third-order valence-electron chi connectivity index (χ3n) is 8.73. The molecular formula is C31H36F3IN2O9S. The molecule has 0 bridgehead atoms. The summed E-state index contributed by atoms with van der Waals surface area (Å²) in [6.07, 6.45) is 1.49. The first-order valence-electron chi connectivity index (χ1n) is 14.7. The topological polar surface area (TPSA) is 146 Å². The summed E-state index contributed by atoms with van der Waals surface area (Å²) in [5, 5.41) is 5.36. The van der Waals surface area contributed by atoms with Crippen LogP contribution in [-0.2, 0) is 28.9 Å². The molecule has 2 saturated carbocycles. The first kappa shape index (κ1) is 36.7. The minimum Gasteiger partial charge on any atom is -0.496 e. The Labute approximate surface area is 284 Å². The molecule has 2 N–H and O–H groups in total. The van der Waals surface area contributed by atoms with Gasteiger partial charge in [-0.25, -0.2) is 12.8 Å². The molecule has 16 heteroatoms. The van der Waals surface area contributed by atoms with Crippen LogP contribution in [0.4, 0.5) is 18.9 Å². The molecule has 2 aliphatic rings. The molecule has 2 aromatic rings. The van der Waals surface area contributed by atoms with Gasteiger partial charge in [-0.1, -0.05) is 6.07 Å². The lowest BCUT2D eigenvalue weighted by Gasteiger charge is -2.35. The first-order valence-corrected chi connectivity index (χ1v) is 17.3. The highest BCUT2D eigenvalue weighted by atomic mass is 127. The lowest BCUT2D eigenvalue weighted by Crippen LogP contribution is -2.42. The molecule has 2 fully saturated rings. The molecule has 2 aromatic carbocycles. The smallest absolute Gasteiger partial charge is 0.398 e. The molecule has 3 atom stereocenters. The Hall–Kier alpha value is -3.12. The second kappa shape index (κ2) is 14.6. The van der Waals surface area contributed by atoms with Gasteiger partial charge >= 0.3 is 9.23 Å². The molecule has 11 nitrogen and oxygen atoms in total. The van der Waals surface area contributed by atoms with Crippen LogP contribution in [0.2, 0.25) is 0 Å². The van der Waals surface area contributed by atoms with Crippen LogP contribution in [0.5, 0.6) is 11.5 Å². The summed E-state index contributed by atoms with van der Waals surface area (Å²) < 4.78 is 84.4. The van der Waals surface area contributed by atoms with Crippen molar-refractivity contribution in [3.63, 3.8) is 0 Å². The second-order valence-electron chi connectivity index (χ2n) is 11.8. The van der Waals surface area contributed by atoms with Crippen molar-refractivity contribution < 1.29 is 54.9 Å². The number of hydrogen-bond donors (Lipinski definition) is 2. The summed E-state index contributed by atoms with van der Waals surface area (Å²) >= 11 is 0.527. The summed E-state index contributed by atoms with van der Waals surface area (Å²) in [6.45, 7) is 1.81. The zero-order valence-electron chi connectivity index (χ0n) is 26.1. The van der Waals surface area contributed by atoms with E-state index in [4.69, 9.17) is 18.9 Å². The second-order valence-corrected chi connectivity index (χ2v) is 15.9. The molecule has 0 radical (unpaired) electrons. The lowest BCUT2D eigenvalue weighted by atomic mass is 9.75. The summed E-state index contributed by atoms with van der Waals surface area (Å²) in [7, 11) is -0.942. The van der Waals surface area contributed by atoms with Crippen molar-refractivity contribution in [1.82, 2.24) is 5.32 Å². The molecule has 0 heterocycles. The van der Waals surface area contributed by atoms with Gasteiger partial charge in [0, 0.05) is 47.5 Å². The number of ether oxygens (including phenoxy) is 4.